The number of nitrogens with zero attached hydrogens (tertiary/aromatic N) is 1. The maximum absolute atomic E-state index is 6.67. The van der Waals surface area contributed by atoms with E-state index in [9.17, 15) is 0 Å². The second-order valence-electron chi connectivity index (χ2n) is 13.7. The quantitative estimate of drug-likeness (QED) is 0.190. The third-order valence-corrected chi connectivity index (χ3v) is 10.7. The molecule has 0 N–H and O–H groups in total. The van der Waals surface area contributed by atoms with Crippen molar-refractivity contribution in [2.75, 3.05) is 4.90 Å². The van der Waals surface area contributed by atoms with Crippen LogP contribution in [0.5, 0.6) is 23.0 Å². The summed E-state index contributed by atoms with van der Waals surface area (Å²) >= 11 is 0. The molecule has 4 nitrogen and oxygen atoms in total. The highest BCUT2D eigenvalue weighted by Crippen LogP contribution is 2.61. The Hall–Kier alpha value is -6.26. The maximum Gasteiger partial charge on any atom is 0.155 e. The molecule has 3 heterocycles. The van der Waals surface area contributed by atoms with E-state index in [4.69, 9.17) is 13.9 Å². The number of hydrogen-bond donors (Lipinski definition) is 0. The number of anilines is 3. The first-order valence-corrected chi connectivity index (χ1v) is 16.8. The first kappa shape index (κ1) is 26.8. The lowest BCUT2D eigenvalue weighted by Crippen LogP contribution is -2.20. The Morgan fingerprint density at radius 3 is 1.88 bits per heavy atom. The van der Waals surface area contributed by atoms with Gasteiger partial charge in [0, 0.05) is 16.2 Å². The van der Waals surface area contributed by atoms with Gasteiger partial charge in [-0.1, -0.05) is 105 Å². The Morgan fingerprint density at radius 1 is 0.490 bits per heavy atom. The van der Waals surface area contributed by atoms with Crippen molar-refractivity contribution in [1.82, 2.24) is 0 Å². The molecule has 49 heavy (non-hydrogen) atoms. The van der Waals surface area contributed by atoms with Crippen molar-refractivity contribution in [2.24, 2.45) is 0 Å². The van der Waals surface area contributed by atoms with Gasteiger partial charge in [0.2, 0.25) is 0 Å². The minimum Gasteiger partial charge on any atom is -0.456 e. The maximum atomic E-state index is 6.67. The topological polar surface area (TPSA) is 34.8 Å². The third-order valence-electron chi connectivity index (χ3n) is 10.7. The molecule has 0 saturated carbocycles. The Labute approximate surface area is 283 Å². The summed E-state index contributed by atoms with van der Waals surface area (Å²) in [5, 5.41) is 2.22. The number of rotatable bonds is 2. The molecular weight excluding hydrogens is 602 g/mol. The summed E-state index contributed by atoms with van der Waals surface area (Å²) in [5.41, 5.74) is 14.5. The van der Waals surface area contributed by atoms with E-state index in [1.165, 1.54) is 27.8 Å². The van der Waals surface area contributed by atoms with Crippen LogP contribution in [0, 0.1) is 0 Å². The molecule has 232 valence electrons. The Morgan fingerprint density at radius 2 is 1.08 bits per heavy atom. The molecule has 1 aromatic heterocycles. The van der Waals surface area contributed by atoms with Crippen LogP contribution in [0.25, 0.3) is 55.3 Å². The van der Waals surface area contributed by atoms with Gasteiger partial charge in [0.05, 0.1) is 11.4 Å². The third kappa shape index (κ3) is 3.58. The molecule has 1 aliphatic carbocycles. The molecule has 0 fully saturated rings. The lowest BCUT2D eigenvalue weighted by molar-refractivity contribution is 0.446. The molecule has 0 spiro atoms. The first-order valence-electron chi connectivity index (χ1n) is 16.8. The second-order valence-corrected chi connectivity index (χ2v) is 13.7. The first-order chi connectivity index (χ1) is 24.0. The van der Waals surface area contributed by atoms with Crippen LogP contribution in [-0.2, 0) is 5.41 Å². The van der Waals surface area contributed by atoms with E-state index in [1.807, 2.05) is 36.4 Å². The summed E-state index contributed by atoms with van der Waals surface area (Å²) in [7, 11) is 0. The average molecular weight is 632 g/mol. The van der Waals surface area contributed by atoms with Crippen molar-refractivity contribution >= 4 is 39.0 Å². The summed E-state index contributed by atoms with van der Waals surface area (Å²) in [6, 6.07) is 49.1. The standard InChI is InChI=1S/C45H29NO3/c1-45(2)32-14-5-3-10-30(32)42-28(12-7-15-33(42)45)26-20-22-34-40(24-26)48-38-18-9-19-39-44(38)46(34)35-23-21-27(25-41(35)49-39)29-13-8-17-37-43(29)31-11-4-6-16-36(31)47-37/h3-25H,1-2H3. The van der Waals surface area contributed by atoms with Crippen LogP contribution in [0.15, 0.2) is 144 Å². The van der Waals surface area contributed by atoms with Gasteiger partial charge in [-0.2, -0.15) is 0 Å². The van der Waals surface area contributed by atoms with E-state index in [2.05, 4.69) is 122 Å². The van der Waals surface area contributed by atoms with Gasteiger partial charge in [-0.3, -0.25) is 4.90 Å². The molecule has 4 heteroatoms. The molecule has 2 aliphatic heterocycles. The van der Waals surface area contributed by atoms with Crippen LogP contribution in [0.4, 0.5) is 17.1 Å². The van der Waals surface area contributed by atoms with Crippen LogP contribution in [0.2, 0.25) is 0 Å². The minimum atomic E-state index is -0.0609. The van der Waals surface area contributed by atoms with E-state index in [-0.39, 0.29) is 5.41 Å². The van der Waals surface area contributed by atoms with Crippen molar-refractivity contribution in [1.29, 1.82) is 0 Å². The highest BCUT2D eigenvalue weighted by Gasteiger charge is 2.38. The molecule has 0 radical (unpaired) electrons. The van der Waals surface area contributed by atoms with Crippen LogP contribution >= 0.6 is 0 Å². The van der Waals surface area contributed by atoms with Crippen molar-refractivity contribution in [3.63, 3.8) is 0 Å². The lowest BCUT2D eigenvalue weighted by Gasteiger charge is -2.38. The number of ether oxygens (including phenoxy) is 2. The van der Waals surface area contributed by atoms with Crippen molar-refractivity contribution in [3.8, 4) is 56.4 Å². The highest BCUT2D eigenvalue weighted by atomic mass is 16.5. The van der Waals surface area contributed by atoms with Gasteiger partial charge in [-0.15, -0.1) is 0 Å². The fourth-order valence-electron chi connectivity index (χ4n) is 8.40. The van der Waals surface area contributed by atoms with Crippen LogP contribution in [-0.4, -0.2) is 0 Å². The molecule has 11 rings (SSSR count). The van der Waals surface area contributed by atoms with Gasteiger partial charge in [0.1, 0.15) is 16.9 Å². The SMILES string of the molecule is CC1(C)c2ccccc2-c2c(-c3ccc4c(c3)Oc3cccc5c3N4c3ccc(-c4cccc6oc7ccccc7c46)cc3O5)cccc21. The summed E-state index contributed by atoms with van der Waals surface area (Å²) < 4.78 is 19.5. The number of para-hydroxylation sites is 2. The summed E-state index contributed by atoms with van der Waals surface area (Å²) in [4.78, 5) is 2.29. The van der Waals surface area contributed by atoms with Crippen LogP contribution in [0.3, 0.4) is 0 Å². The molecule has 0 unspecified atom stereocenters. The zero-order valence-electron chi connectivity index (χ0n) is 27.0. The Bertz CT molecular complexity index is 2720. The van der Waals surface area contributed by atoms with Gasteiger partial charge in [-0.05, 0) is 93.0 Å². The summed E-state index contributed by atoms with van der Waals surface area (Å²) in [6.45, 7) is 4.65. The number of benzene rings is 7. The van der Waals surface area contributed by atoms with Gasteiger partial charge >= 0.3 is 0 Å². The molecule has 0 bridgehead atoms. The number of furan rings is 1. The van der Waals surface area contributed by atoms with Crippen LogP contribution in [0.1, 0.15) is 25.0 Å². The normalized spacial score (nSPS) is 14.4. The van der Waals surface area contributed by atoms with E-state index in [0.717, 1.165) is 78.7 Å². The smallest absolute Gasteiger partial charge is 0.155 e. The zero-order chi connectivity index (χ0) is 32.4. The monoisotopic (exact) mass is 631 g/mol. The van der Waals surface area contributed by atoms with Gasteiger partial charge in [0.15, 0.2) is 23.0 Å². The van der Waals surface area contributed by atoms with Crippen LogP contribution < -0.4 is 14.4 Å². The predicted octanol–water partition coefficient (Wildman–Crippen LogP) is 12.9. The lowest BCUT2D eigenvalue weighted by atomic mass is 9.82. The highest BCUT2D eigenvalue weighted by molar-refractivity contribution is 6.12. The van der Waals surface area contributed by atoms with E-state index >= 15 is 0 Å². The number of fused-ring (bicyclic) bond motifs is 10. The minimum absolute atomic E-state index is 0.0609. The number of hydrogen-bond acceptors (Lipinski definition) is 4. The molecular formula is C45H29NO3. The molecule has 0 amide bonds. The van der Waals surface area contributed by atoms with E-state index in [0.29, 0.717) is 0 Å². The van der Waals surface area contributed by atoms with Crippen molar-refractivity contribution in [3.05, 3.63) is 151 Å². The van der Waals surface area contributed by atoms with Gasteiger partial charge in [-0.25, -0.2) is 0 Å². The summed E-state index contributed by atoms with van der Waals surface area (Å²) in [5.74, 6) is 3.15. The van der Waals surface area contributed by atoms with Crippen molar-refractivity contribution in [2.45, 2.75) is 19.3 Å². The second kappa shape index (κ2) is 9.42. The fraction of sp³-hybridized carbons (Fsp3) is 0.0667. The van der Waals surface area contributed by atoms with E-state index < -0.39 is 0 Å². The summed E-state index contributed by atoms with van der Waals surface area (Å²) in [6.07, 6.45) is 0. The predicted molar refractivity (Wildman–Crippen MR) is 197 cm³/mol. The zero-order valence-corrected chi connectivity index (χ0v) is 27.0. The largest absolute Gasteiger partial charge is 0.456 e. The average Bonchev–Trinajstić information content (AvgIpc) is 3.63. The van der Waals surface area contributed by atoms with Gasteiger partial charge < -0.3 is 13.9 Å². The molecule has 7 aromatic carbocycles. The molecule has 0 atom stereocenters. The Kier molecular flexibility index (Phi) is 5.15. The molecule has 0 saturated heterocycles. The van der Waals surface area contributed by atoms with Crippen molar-refractivity contribution < 1.29 is 13.9 Å². The molecule has 8 aromatic rings. The Balaban J connectivity index is 1.06. The van der Waals surface area contributed by atoms with E-state index in [1.54, 1.807) is 0 Å². The fourth-order valence-corrected chi connectivity index (χ4v) is 8.40. The molecule has 3 aliphatic rings. The van der Waals surface area contributed by atoms with Gasteiger partial charge in [0.25, 0.3) is 0 Å².